The van der Waals surface area contributed by atoms with E-state index in [1.165, 1.54) is 24.3 Å². The Morgan fingerprint density at radius 1 is 0.865 bits per heavy atom. The fourth-order valence-electron chi connectivity index (χ4n) is 6.21. The van der Waals surface area contributed by atoms with Gasteiger partial charge in [-0.15, -0.1) is 0 Å². The van der Waals surface area contributed by atoms with Crippen molar-refractivity contribution in [1.82, 2.24) is 9.88 Å². The van der Waals surface area contributed by atoms with Crippen LogP contribution in [0.1, 0.15) is 96.1 Å². The number of alkyl halides is 3. The average Bonchev–Trinajstić information content (AvgIpc) is 3.10. The second-order valence-corrected chi connectivity index (χ2v) is 13.8. The number of fused-ring (bicyclic) bond motifs is 1. The lowest BCUT2D eigenvalue weighted by molar-refractivity contribution is -0.137. The van der Waals surface area contributed by atoms with Crippen LogP contribution in [0.5, 0.6) is 5.75 Å². The Balaban J connectivity index is 1.26. The van der Waals surface area contributed by atoms with E-state index >= 15 is 0 Å². The van der Waals surface area contributed by atoms with Gasteiger partial charge in [0.1, 0.15) is 29.5 Å². The third kappa shape index (κ3) is 10.3. The van der Waals surface area contributed by atoms with E-state index in [1.807, 2.05) is 30.3 Å². The molecular weight excluding hydrogens is 676 g/mol. The Morgan fingerprint density at radius 3 is 2.15 bits per heavy atom. The van der Waals surface area contributed by atoms with Crippen molar-refractivity contribution in [2.24, 2.45) is 0 Å². The van der Waals surface area contributed by atoms with Crippen molar-refractivity contribution in [2.45, 2.75) is 90.6 Å². The number of carbonyl (C=O) groups excluding carboxylic acids is 2. The van der Waals surface area contributed by atoms with Crippen molar-refractivity contribution in [1.29, 1.82) is 0 Å². The van der Waals surface area contributed by atoms with Gasteiger partial charge in [0.2, 0.25) is 0 Å². The maximum absolute atomic E-state index is 14.6. The van der Waals surface area contributed by atoms with Gasteiger partial charge in [-0.25, -0.2) is 19.0 Å². The number of carbonyl (C=O) groups is 2. The highest BCUT2D eigenvalue weighted by atomic mass is 19.4. The molecule has 276 valence electrons. The molecule has 1 heterocycles. The van der Waals surface area contributed by atoms with Crippen LogP contribution in [0.3, 0.4) is 0 Å². The maximum Gasteiger partial charge on any atom is 0.416 e. The summed E-state index contributed by atoms with van der Waals surface area (Å²) in [5.41, 5.74) is 3.71. The summed E-state index contributed by atoms with van der Waals surface area (Å²) in [6, 6.07) is 20.4. The maximum atomic E-state index is 14.6. The number of aryl methyl sites for hydroxylation is 3. The molecule has 1 aliphatic carbocycles. The van der Waals surface area contributed by atoms with Crippen LogP contribution in [0.15, 0.2) is 78.9 Å². The van der Waals surface area contributed by atoms with E-state index in [0.29, 0.717) is 37.0 Å². The zero-order chi connectivity index (χ0) is 37.5. The first kappa shape index (κ1) is 38.3. The molecule has 0 bridgehead atoms. The van der Waals surface area contributed by atoms with Crippen LogP contribution < -0.4 is 4.74 Å². The molecule has 1 aliphatic rings. The van der Waals surface area contributed by atoms with Gasteiger partial charge in [-0.3, -0.25) is 0 Å². The van der Waals surface area contributed by atoms with Gasteiger partial charge >= 0.3 is 18.2 Å². The Hall–Kier alpha value is -4.93. The van der Waals surface area contributed by atoms with Gasteiger partial charge < -0.3 is 19.1 Å². The largest absolute Gasteiger partial charge is 0.489 e. The summed E-state index contributed by atoms with van der Waals surface area (Å²) in [6.07, 6.45) is -1.24. The molecule has 0 fully saturated rings. The summed E-state index contributed by atoms with van der Waals surface area (Å²) in [5.74, 6) is -0.438. The topological polar surface area (TPSA) is 78.0 Å². The minimum absolute atomic E-state index is 0.214. The van der Waals surface area contributed by atoms with Crippen LogP contribution in [0.25, 0.3) is 0 Å². The van der Waals surface area contributed by atoms with Crippen molar-refractivity contribution in [2.75, 3.05) is 13.2 Å². The highest BCUT2D eigenvalue weighted by Crippen LogP contribution is 2.36. The molecule has 5 rings (SSSR count). The summed E-state index contributed by atoms with van der Waals surface area (Å²) >= 11 is 0. The predicted octanol–water partition coefficient (Wildman–Crippen LogP) is 9.64. The lowest BCUT2D eigenvalue weighted by Crippen LogP contribution is -2.41. The van der Waals surface area contributed by atoms with E-state index in [9.17, 15) is 27.2 Å². The third-order valence-electron chi connectivity index (χ3n) is 8.79. The van der Waals surface area contributed by atoms with Gasteiger partial charge in [-0.1, -0.05) is 42.5 Å². The Morgan fingerprint density at radius 2 is 1.52 bits per heavy atom. The first-order valence-electron chi connectivity index (χ1n) is 17.5. The van der Waals surface area contributed by atoms with Gasteiger partial charge in [0.25, 0.3) is 0 Å². The molecule has 0 radical (unpaired) electrons. The minimum Gasteiger partial charge on any atom is -0.489 e. The first-order chi connectivity index (χ1) is 24.7. The molecule has 0 aliphatic heterocycles. The molecule has 1 aromatic heterocycles. The smallest absolute Gasteiger partial charge is 0.416 e. The summed E-state index contributed by atoms with van der Waals surface area (Å²) in [5, 5.41) is 0. The molecule has 4 aromatic rings. The number of ether oxygens (including phenoxy) is 3. The Bertz CT molecular complexity index is 1840. The van der Waals surface area contributed by atoms with Crippen LogP contribution in [0.2, 0.25) is 0 Å². The number of amides is 1. The average molecular weight is 721 g/mol. The van der Waals surface area contributed by atoms with Gasteiger partial charge in [-0.05, 0) is 130 Å². The van der Waals surface area contributed by atoms with Crippen molar-refractivity contribution in [3.05, 3.63) is 129 Å². The minimum atomic E-state index is -4.36. The monoisotopic (exact) mass is 720 g/mol. The van der Waals surface area contributed by atoms with E-state index < -0.39 is 35.2 Å². The highest BCUT2D eigenvalue weighted by molar-refractivity contribution is 5.87. The molecule has 1 amide bonds. The highest BCUT2D eigenvalue weighted by Gasteiger charge is 2.34. The SMILES string of the molecule is CCOC(=O)c1ccc2c(n1)CCCC2N(CCc1cc(F)ccc1OCc1ccc(CCc2ccc(C(F)(F)F)cc2)cc1)C(=O)OC(C)(C)C. The van der Waals surface area contributed by atoms with Crippen LogP contribution in [0.4, 0.5) is 22.4 Å². The number of rotatable bonds is 12. The van der Waals surface area contributed by atoms with Crippen molar-refractivity contribution >= 4 is 12.1 Å². The molecule has 52 heavy (non-hydrogen) atoms. The summed E-state index contributed by atoms with van der Waals surface area (Å²) < 4.78 is 70.3. The summed E-state index contributed by atoms with van der Waals surface area (Å²) in [7, 11) is 0. The van der Waals surface area contributed by atoms with Gasteiger partial charge in [0, 0.05) is 12.2 Å². The number of benzene rings is 3. The Kier molecular flexibility index (Phi) is 12.2. The van der Waals surface area contributed by atoms with E-state index in [1.54, 1.807) is 44.7 Å². The van der Waals surface area contributed by atoms with Crippen LogP contribution >= 0.6 is 0 Å². The molecule has 0 saturated carbocycles. The van der Waals surface area contributed by atoms with Crippen molar-refractivity contribution in [3.8, 4) is 5.75 Å². The zero-order valence-corrected chi connectivity index (χ0v) is 29.9. The number of esters is 1. The number of nitrogens with zero attached hydrogens (tertiary/aromatic N) is 2. The molecule has 7 nitrogen and oxygen atoms in total. The van der Waals surface area contributed by atoms with Crippen molar-refractivity contribution < 1.29 is 41.4 Å². The molecule has 1 unspecified atom stereocenters. The zero-order valence-electron chi connectivity index (χ0n) is 29.9. The normalized spacial score (nSPS) is 14.3. The molecule has 0 spiro atoms. The molecule has 3 aromatic carbocycles. The van der Waals surface area contributed by atoms with Gasteiger partial charge in [-0.2, -0.15) is 13.2 Å². The standard InChI is InChI=1S/C41H44F4N2O5/c1-5-50-38(48)35-21-20-33-34(46-35)7-6-8-36(33)47(39(49)52-40(2,3)4)24-23-30-25-32(42)19-22-37(30)51-26-29-13-11-27(12-14-29)9-10-28-15-17-31(18-16-28)41(43,44)45/h11-22,25,36H,5-10,23-24,26H2,1-4H3. The van der Waals surface area contributed by atoms with Gasteiger partial charge in [0.15, 0.2) is 0 Å². The Labute approximate surface area is 301 Å². The lowest BCUT2D eigenvalue weighted by atomic mass is 9.89. The van der Waals surface area contributed by atoms with Gasteiger partial charge in [0.05, 0.1) is 18.2 Å². The quantitative estimate of drug-likeness (QED) is 0.107. The molecule has 0 N–H and O–H groups in total. The number of halogens is 4. The molecular formula is C41H44F4N2O5. The third-order valence-corrected chi connectivity index (χ3v) is 8.79. The number of pyridine rings is 1. The van der Waals surface area contributed by atoms with Crippen LogP contribution in [-0.2, 0) is 47.9 Å². The number of hydrogen-bond acceptors (Lipinski definition) is 6. The van der Waals surface area contributed by atoms with E-state index in [2.05, 4.69) is 4.98 Å². The molecule has 1 atom stereocenters. The van der Waals surface area contributed by atoms with E-state index in [-0.39, 0.29) is 37.9 Å². The van der Waals surface area contributed by atoms with Crippen LogP contribution in [0, 0.1) is 5.82 Å². The summed E-state index contributed by atoms with van der Waals surface area (Å²) in [4.78, 5) is 32.3. The van der Waals surface area contributed by atoms with Crippen molar-refractivity contribution in [3.63, 3.8) is 0 Å². The summed E-state index contributed by atoms with van der Waals surface area (Å²) in [6.45, 7) is 7.81. The van der Waals surface area contributed by atoms with E-state index in [4.69, 9.17) is 14.2 Å². The second-order valence-electron chi connectivity index (χ2n) is 13.8. The molecule has 11 heteroatoms. The first-order valence-corrected chi connectivity index (χ1v) is 17.5. The van der Waals surface area contributed by atoms with E-state index in [0.717, 1.165) is 46.5 Å². The predicted molar refractivity (Wildman–Crippen MR) is 189 cm³/mol. The number of aromatic nitrogens is 1. The fraction of sp³-hybridized carbons (Fsp3) is 0.390. The van der Waals surface area contributed by atoms with Crippen LogP contribution in [-0.4, -0.2) is 40.7 Å². The second kappa shape index (κ2) is 16.6. The lowest BCUT2D eigenvalue weighted by Gasteiger charge is -2.36. The molecule has 0 saturated heterocycles. The fourth-order valence-corrected chi connectivity index (χ4v) is 6.21. The number of hydrogen-bond donors (Lipinski definition) is 0.